The summed E-state index contributed by atoms with van der Waals surface area (Å²) in [6.45, 7) is 4.32. The van der Waals surface area contributed by atoms with Gasteiger partial charge in [-0.15, -0.1) is 0 Å². The smallest absolute Gasteiger partial charge is 0.0169 e. The summed E-state index contributed by atoms with van der Waals surface area (Å²) >= 11 is 0. The summed E-state index contributed by atoms with van der Waals surface area (Å²) < 4.78 is 0. The molecule has 0 radical (unpaired) electrons. The molecule has 0 aliphatic carbocycles. The van der Waals surface area contributed by atoms with E-state index in [9.17, 15) is 0 Å². The molecule has 0 heteroatoms. The van der Waals surface area contributed by atoms with Gasteiger partial charge in [0.25, 0.3) is 0 Å². The largest absolute Gasteiger partial charge is 0.0885 e. The first-order valence-electron chi connectivity index (χ1n) is 6.01. The standard InChI is InChI=1S/C15H24/c1-3-5-7-9-11-13-15-14-12-10-8-6-4-2/h5-8,11-14H,3-4,9-10,15H2,1-2H3/b7-5+,8-6+,13-11+,14-12+. The summed E-state index contributed by atoms with van der Waals surface area (Å²) in [4.78, 5) is 0. The van der Waals surface area contributed by atoms with Crippen LogP contribution in [0.1, 0.15) is 46.0 Å². The topological polar surface area (TPSA) is 0 Å². The molecule has 0 spiro atoms. The highest BCUT2D eigenvalue weighted by Crippen LogP contribution is 1.94. The van der Waals surface area contributed by atoms with Gasteiger partial charge in [0, 0.05) is 0 Å². The lowest BCUT2D eigenvalue weighted by Gasteiger charge is -1.84. The highest BCUT2D eigenvalue weighted by Gasteiger charge is 1.73. The minimum Gasteiger partial charge on any atom is -0.0885 e. The van der Waals surface area contributed by atoms with Gasteiger partial charge in [-0.3, -0.25) is 0 Å². The fourth-order valence-electron chi connectivity index (χ4n) is 1.15. The van der Waals surface area contributed by atoms with Gasteiger partial charge in [0.15, 0.2) is 0 Å². The molecular weight excluding hydrogens is 180 g/mol. The van der Waals surface area contributed by atoms with E-state index in [0.29, 0.717) is 0 Å². The molecular formula is C15H24. The van der Waals surface area contributed by atoms with Crippen molar-refractivity contribution in [1.82, 2.24) is 0 Å². The van der Waals surface area contributed by atoms with Gasteiger partial charge in [-0.1, -0.05) is 62.5 Å². The molecule has 0 amide bonds. The molecule has 84 valence electrons. The minimum absolute atomic E-state index is 1.06. The third-order valence-corrected chi connectivity index (χ3v) is 1.95. The molecule has 0 unspecified atom stereocenters. The van der Waals surface area contributed by atoms with Gasteiger partial charge in [0.2, 0.25) is 0 Å². The first kappa shape index (κ1) is 14.0. The summed E-state index contributed by atoms with van der Waals surface area (Å²) in [5, 5.41) is 0. The van der Waals surface area contributed by atoms with Crippen LogP contribution in [-0.2, 0) is 0 Å². The van der Waals surface area contributed by atoms with Crippen molar-refractivity contribution in [2.45, 2.75) is 46.0 Å². The maximum absolute atomic E-state index is 2.22. The number of hydrogen-bond acceptors (Lipinski definition) is 0. The van der Waals surface area contributed by atoms with E-state index in [1.807, 2.05) is 0 Å². The molecule has 0 aliphatic rings. The quantitative estimate of drug-likeness (QED) is 0.477. The molecule has 0 nitrogen and oxygen atoms in total. The third kappa shape index (κ3) is 13.0. The predicted molar refractivity (Wildman–Crippen MR) is 71.0 cm³/mol. The lowest BCUT2D eigenvalue weighted by molar-refractivity contribution is 1.19. The number of allylic oxidation sites excluding steroid dienone is 8. The molecule has 0 heterocycles. The zero-order valence-electron chi connectivity index (χ0n) is 10.2. The Hall–Kier alpha value is -1.04. The SMILES string of the molecule is CC/C=C/C/C=C/C/C=C/C/C=C/CC. The summed E-state index contributed by atoms with van der Waals surface area (Å²) in [5.41, 5.74) is 0. The number of hydrogen-bond donors (Lipinski definition) is 0. The normalized spacial score (nSPS) is 12.9. The lowest BCUT2D eigenvalue weighted by Crippen LogP contribution is -1.63. The minimum atomic E-state index is 1.06. The maximum atomic E-state index is 2.22. The van der Waals surface area contributed by atoms with Crippen LogP contribution >= 0.6 is 0 Å². The molecule has 0 N–H and O–H groups in total. The molecule has 0 aromatic carbocycles. The molecule has 0 fully saturated rings. The Morgan fingerprint density at radius 1 is 0.467 bits per heavy atom. The first-order valence-corrected chi connectivity index (χ1v) is 6.01. The molecule has 0 saturated heterocycles. The van der Waals surface area contributed by atoms with Crippen LogP contribution in [0.3, 0.4) is 0 Å². The van der Waals surface area contributed by atoms with E-state index in [2.05, 4.69) is 62.5 Å². The average molecular weight is 204 g/mol. The van der Waals surface area contributed by atoms with Crippen molar-refractivity contribution < 1.29 is 0 Å². The highest BCUT2D eigenvalue weighted by molar-refractivity contribution is 4.99. The monoisotopic (exact) mass is 204 g/mol. The van der Waals surface area contributed by atoms with Crippen LogP contribution in [0.5, 0.6) is 0 Å². The van der Waals surface area contributed by atoms with Gasteiger partial charge in [-0.2, -0.15) is 0 Å². The van der Waals surface area contributed by atoms with Crippen LogP contribution in [0.25, 0.3) is 0 Å². The Kier molecular flexibility index (Phi) is 12.1. The second-order valence-electron chi connectivity index (χ2n) is 3.41. The third-order valence-electron chi connectivity index (χ3n) is 1.95. The van der Waals surface area contributed by atoms with E-state index in [-0.39, 0.29) is 0 Å². The molecule has 0 saturated carbocycles. The Morgan fingerprint density at radius 2 is 0.733 bits per heavy atom. The molecule has 0 aromatic rings. The van der Waals surface area contributed by atoms with E-state index in [0.717, 1.165) is 32.1 Å². The van der Waals surface area contributed by atoms with Crippen molar-refractivity contribution in [2.24, 2.45) is 0 Å². The maximum Gasteiger partial charge on any atom is -0.0169 e. The van der Waals surface area contributed by atoms with E-state index in [4.69, 9.17) is 0 Å². The van der Waals surface area contributed by atoms with Crippen LogP contribution in [0.15, 0.2) is 48.6 Å². The second kappa shape index (κ2) is 13.0. The van der Waals surface area contributed by atoms with Gasteiger partial charge in [-0.05, 0) is 32.1 Å². The van der Waals surface area contributed by atoms with Crippen molar-refractivity contribution in [2.75, 3.05) is 0 Å². The van der Waals surface area contributed by atoms with Gasteiger partial charge in [0.1, 0.15) is 0 Å². The average Bonchev–Trinajstić information content (AvgIpc) is 2.26. The van der Waals surface area contributed by atoms with Gasteiger partial charge < -0.3 is 0 Å². The van der Waals surface area contributed by atoms with Crippen LogP contribution in [-0.4, -0.2) is 0 Å². The van der Waals surface area contributed by atoms with Crippen LogP contribution in [0.2, 0.25) is 0 Å². The van der Waals surface area contributed by atoms with Crippen molar-refractivity contribution >= 4 is 0 Å². The van der Waals surface area contributed by atoms with Gasteiger partial charge in [0.05, 0.1) is 0 Å². The molecule has 0 bridgehead atoms. The van der Waals surface area contributed by atoms with Crippen LogP contribution in [0.4, 0.5) is 0 Å². The lowest BCUT2D eigenvalue weighted by atomic mass is 10.2. The number of rotatable bonds is 8. The summed E-state index contributed by atoms with van der Waals surface area (Å²) in [7, 11) is 0. The Morgan fingerprint density at radius 3 is 1.00 bits per heavy atom. The van der Waals surface area contributed by atoms with Crippen molar-refractivity contribution in [3.8, 4) is 0 Å². The summed E-state index contributed by atoms with van der Waals surface area (Å²) in [5.74, 6) is 0. The zero-order chi connectivity index (χ0) is 11.2. The van der Waals surface area contributed by atoms with Crippen molar-refractivity contribution in [1.29, 1.82) is 0 Å². The highest BCUT2D eigenvalue weighted by atomic mass is 13.8. The zero-order valence-corrected chi connectivity index (χ0v) is 10.2. The molecule has 0 atom stereocenters. The Balaban J connectivity index is 3.36. The van der Waals surface area contributed by atoms with Gasteiger partial charge >= 0.3 is 0 Å². The van der Waals surface area contributed by atoms with Crippen LogP contribution < -0.4 is 0 Å². The van der Waals surface area contributed by atoms with E-state index < -0.39 is 0 Å². The molecule has 0 aliphatic heterocycles. The van der Waals surface area contributed by atoms with Gasteiger partial charge in [-0.25, -0.2) is 0 Å². The second-order valence-corrected chi connectivity index (χ2v) is 3.41. The van der Waals surface area contributed by atoms with E-state index in [1.54, 1.807) is 0 Å². The Labute approximate surface area is 95.1 Å². The Bertz CT molecular complexity index is 192. The van der Waals surface area contributed by atoms with Crippen molar-refractivity contribution in [3.05, 3.63) is 48.6 Å². The van der Waals surface area contributed by atoms with Crippen molar-refractivity contribution in [3.63, 3.8) is 0 Å². The molecule has 15 heavy (non-hydrogen) atoms. The van der Waals surface area contributed by atoms with E-state index in [1.165, 1.54) is 0 Å². The summed E-state index contributed by atoms with van der Waals surface area (Å²) in [6, 6.07) is 0. The molecule has 0 aromatic heterocycles. The first-order chi connectivity index (χ1) is 7.41. The van der Waals surface area contributed by atoms with E-state index >= 15 is 0 Å². The van der Waals surface area contributed by atoms with Crippen LogP contribution in [0, 0.1) is 0 Å². The molecule has 0 rings (SSSR count). The summed E-state index contributed by atoms with van der Waals surface area (Å²) in [6.07, 6.45) is 23.2. The fraction of sp³-hybridized carbons (Fsp3) is 0.467. The fourth-order valence-corrected chi connectivity index (χ4v) is 1.15. The predicted octanol–water partition coefficient (Wildman–Crippen LogP) is 5.20.